The van der Waals surface area contributed by atoms with Gasteiger partial charge < -0.3 is 14.6 Å². The van der Waals surface area contributed by atoms with E-state index < -0.39 is 6.10 Å². The van der Waals surface area contributed by atoms with E-state index in [2.05, 4.69) is 0 Å². The molecular formula is C32H29NO4. The van der Waals surface area contributed by atoms with Gasteiger partial charge in [-0.1, -0.05) is 72.8 Å². The van der Waals surface area contributed by atoms with Gasteiger partial charge in [0.2, 0.25) is 6.10 Å². The molecule has 5 heteroatoms. The van der Waals surface area contributed by atoms with E-state index in [1.165, 1.54) is 0 Å². The van der Waals surface area contributed by atoms with Crippen LogP contribution >= 0.6 is 0 Å². The van der Waals surface area contributed by atoms with E-state index in [1.807, 2.05) is 109 Å². The molecular weight excluding hydrogens is 462 g/mol. The number of benzene rings is 4. The lowest BCUT2D eigenvalue weighted by Crippen LogP contribution is -2.66. The van der Waals surface area contributed by atoms with Crippen LogP contribution in [0.1, 0.15) is 17.5 Å². The van der Waals surface area contributed by atoms with Gasteiger partial charge in [-0.15, -0.1) is 0 Å². The maximum absolute atomic E-state index is 13.2. The van der Waals surface area contributed by atoms with Crippen LogP contribution in [0.4, 0.5) is 5.69 Å². The first-order chi connectivity index (χ1) is 18.2. The van der Waals surface area contributed by atoms with Crippen molar-refractivity contribution in [3.63, 3.8) is 0 Å². The SMILES string of the molecule is O=C1[C@@H](Oc2ccccc2)[C@@H](/C=C/c2ccccc2)N1c1ccc(OCCCc2ccc(O)cc2)cc1. The molecule has 1 heterocycles. The zero-order valence-corrected chi connectivity index (χ0v) is 20.4. The van der Waals surface area contributed by atoms with Gasteiger partial charge in [-0.3, -0.25) is 9.69 Å². The average molecular weight is 492 g/mol. The number of phenols is 1. The van der Waals surface area contributed by atoms with Crippen LogP contribution in [0.25, 0.3) is 6.08 Å². The normalized spacial score (nSPS) is 17.0. The summed E-state index contributed by atoms with van der Waals surface area (Å²) in [5.74, 6) is 1.64. The lowest BCUT2D eigenvalue weighted by molar-refractivity contribution is -0.133. The molecule has 0 bridgehead atoms. The molecule has 186 valence electrons. The number of hydrogen-bond donors (Lipinski definition) is 1. The second-order valence-corrected chi connectivity index (χ2v) is 8.93. The molecule has 5 rings (SSSR count). The van der Waals surface area contributed by atoms with Crippen LogP contribution in [0.2, 0.25) is 0 Å². The summed E-state index contributed by atoms with van der Waals surface area (Å²) in [6.45, 7) is 0.582. The number of carbonyl (C=O) groups excluding carboxylic acids is 1. The Morgan fingerprint density at radius 2 is 1.46 bits per heavy atom. The van der Waals surface area contributed by atoms with Crippen molar-refractivity contribution in [2.24, 2.45) is 0 Å². The topological polar surface area (TPSA) is 59.0 Å². The highest BCUT2D eigenvalue weighted by molar-refractivity contribution is 6.06. The molecule has 4 aromatic carbocycles. The molecule has 0 aromatic heterocycles. The summed E-state index contributed by atoms with van der Waals surface area (Å²) in [5.41, 5.74) is 3.03. The smallest absolute Gasteiger partial charge is 0.271 e. The molecule has 0 unspecified atom stereocenters. The molecule has 1 aliphatic heterocycles. The third kappa shape index (κ3) is 6.01. The van der Waals surface area contributed by atoms with E-state index in [4.69, 9.17) is 9.47 Å². The Balaban J connectivity index is 1.23. The first kappa shape index (κ1) is 24.2. The van der Waals surface area contributed by atoms with E-state index in [0.717, 1.165) is 35.4 Å². The predicted octanol–water partition coefficient (Wildman–Crippen LogP) is 6.28. The van der Waals surface area contributed by atoms with Gasteiger partial charge in [-0.05, 0) is 72.5 Å². The van der Waals surface area contributed by atoms with E-state index >= 15 is 0 Å². The Morgan fingerprint density at radius 3 is 2.16 bits per heavy atom. The number of hydrogen-bond acceptors (Lipinski definition) is 4. The van der Waals surface area contributed by atoms with Crippen LogP contribution in [0, 0.1) is 0 Å². The molecule has 1 amide bonds. The number of aromatic hydroxyl groups is 1. The number of anilines is 1. The number of para-hydroxylation sites is 1. The number of nitrogens with zero attached hydrogens (tertiary/aromatic N) is 1. The fourth-order valence-electron chi connectivity index (χ4n) is 4.34. The molecule has 1 aliphatic rings. The first-order valence-corrected chi connectivity index (χ1v) is 12.5. The third-order valence-corrected chi connectivity index (χ3v) is 6.31. The average Bonchev–Trinajstić information content (AvgIpc) is 2.94. The Labute approximate surface area is 217 Å². The number of β-lactam (4-membered cyclic amide) rings is 1. The van der Waals surface area contributed by atoms with Crippen LogP contribution in [0.5, 0.6) is 17.2 Å². The quantitative estimate of drug-likeness (QED) is 0.210. The second-order valence-electron chi connectivity index (χ2n) is 8.93. The largest absolute Gasteiger partial charge is 0.508 e. The van der Waals surface area contributed by atoms with Crippen LogP contribution in [0.15, 0.2) is 115 Å². The van der Waals surface area contributed by atoms with E-state index in [-0.39, 0.29) is 17.7 Å². The number of carbonyl (C=O) groups is 1. The van der Waals surface area contributed by atoms with Gasteiger partial charge in [0.1, 0.15) is 23.3 Å². The van der Waals surface area contributed by atoms with Gasteiger partial charge in [-0.25, -0.2) is 0 Å². The number of rotatable bonds is 10. The number of phenolic OH excluding ortho intramolecular Hbond substituents is 1. The fraction of sp³-hybridized carbons (Fsp3) is 0.156. The third-order valence-electron chi connectivity index (χ3n) is 6.31. The summed E-state index contributed by atoms with van der Waals surface area (Å²) in [4.78, 5) is 14.9. The molecule has 1 saturated heterocycles. The molecule has 2 atom stereocenters. The lowest BCUT2D eigenvalue weighted by Gasteiger charge is -2.45. The van der Waals surface area contributed by atoms with Gasteiger partial charge in [0.05, 0.1) is 6.61 Å². The van der Waals surface area contributed by atoms with Gasteiger partial charge in [0.15, 0.2) is 0 Å². The van der Waals surface area contributed by atoms with Crippen molar-refractivity contribution < 1.29 is 19.4 Å². The molecule has 5 nitrogen and oxygen atoms in total. The molecule has 0 saturated carbocycles. The van der Waals surface area contributed by atoms with Crippen molar-refractivity contribution in [3.05, 3.63) is 126 Å². The van der Waals surface area contributed by atoms with E-state index in [9.17, 15) is 9.90 Å². The minimum atomic E-state index is -0.585. The van der Waals surface area contributed by atoms with E-state index in [1.54, 1.807) is 17.0 Å². The van der Waals surface area contributed by atoms with Crippen molar-refractivity contribution in [3.8, 4) is 17.2 Å². The number of ether oxygens (including phenoxy) is 2. The van der Waals surface area contributed by atoms with Gasteiger partial charge >= 0.3 is 0 Å². The van der Waals surface area contributed by atoms with Gasteiger partial charge in [-0.2, -0.15) is 0 Å². The molecule has 37 heavy (non-hydrogen) atoms. The standard InChI is InChI=1S/C32H29NO4/c34-27-18-13-25(14-19-27)10-7-23-36-28-20-16-26(17-21-28)33-30(22-15-24-8-3-1-4-9-24)31(32(33)35)37-29-11-5-2-6-12-29/h1-6,8-9,11-22,30-31,34H,7,10,23H2/b22-15+/t30-,31+/m1/s1. The van der Waals surface area contributed by atoms with Crippen LogP contribution in [-0.4, -0.2) is 29.8 Å². The van der Waals surface area contributed by atoms with Gasteiger partial charge in [0, 0.05) is 5.69 Å². The Bertz CT molecular complexity index is 1320. The zero-order valence-electron chi connectivity index (χ0n) is 20.4. The maximum atomic E-state index is 13.2. The molecule has 0 radical (unpaired) electrons. The molecule has 0 aliphatic carbocycles. The van der Waals surface area contributed by atoms with E-state index in [0.29, 0.717) is 12.4 Å². The summed E-state index contributed by atoms with van der Waals surface area (Å²) < 4.78 is 12.0. The van der Waals surface area contributed by atoms with Crippen molar-refractivity contribution in [1.29, 1.82) is 0 Å². The number of aryl methyl sites for hydroxylation is 1. The van der Waals surface area contributed by atoms with Crippen LogP contribution in [0.3, 0.4) is 0 Å². The maximum Gasteiger partial charge on any atom is 0.271 e. The molecule has 1 N–H and O–H groups in total. The fourth-order valence-corrected chi connectivity index (χ4v) is 4.34. The molecule has 0 spiro atoms. The molecule has 1 fully saturated rings. The minimum Gasteiger partial charge on any atom is -0.508 e. The van der Waals surface area contributed by atoms with Gasteiger partial charge in [0.25, 0.3) is 5.91 Å². The highest BCUT2D eigenvalue weighted by atomic mass is 16.5. The summed E-state index contributed by atoms with van der Waals surface area (Å²) in [6.07, 6.45) is 5.20. The lowest BCUT2D eigenvalue weighted by atomic mass is 9.95. The van der Waals surface area contributed by atoms with Crippen LogP contribution < -0.4 is 14.4 Å². The van der Waals surface area contributed by atoms with Crippen molar-refractivity contribution in [2.45, 2.75) is 25.0 Å². The number of amides is 1. The monoisotopic (exact) mass is 491 g/mol. The summed E-state index contributed by atoms with van der Waals surface area (Å²) in [7, 11) is 0. The second kappa shape index (κ2) is 11.5. The Hall–Kier alpha value is -4.51. The van der Waals surface area contributed by atoms with Crippen molar-refractivity contribution in [1.82, 2.24) is 0 Å². The summed E-state index contributed by atoms with van der Waals surface area (Å²) >= 11 is 0. The Morgan fingerprint density at radius 1 is 0.784 bits per heavy atom. The highest BCUT2D eigenvalue weighted by Gasteiger charge is 2.48. The summed E-state index contributed by atoms with van der Waals surface area (Å²) in [6, 6.07) is 34.1. The zero-order chi connectivity index (χ0) is 25.5. The Kier molecular flexibility index (Phi) is 7.51. The van der Waals surface area contributed by atoms with Crippen LogP contribution in [-0.2, 0) is 11.2 Å². The van der Waals surface area contributed by atoms with Crippen molar-refractivity contribution >= 4 is 17.7 Å². The predicted molar refractivity (Wildman–Crippen MR) is 146 cm³/mol. The minimum absolute atomic E-state index is 0.0749. The first-order valence-electron chi connectivity index (χ1n) is 12.5. The van der Waals surface area contributed by atoms with Crippen molar-refractivity contribution in [2.75, 3.05) is 11.5 Å². The molecule has 4 aromatic rings. The highest BCUT2D eigenvalue weighted by Crippen LogP contribution is 2.33. The summed E-state index contributed by atoms with van der Waals surface area (Å²) in [5, 5.41) is 9.40.